The smallest absolute Gasteiger partial charge is 0.362 e. The average Bonchev–Trinajstić information content (AvgIpc) is 2.65. The number of carbonyl (C=O) groups excluding carboxylic acids is 1. The molecule has 18 heavy (non-hydrogen) atoms. The fraction of sp³-hybridized carbons (Fsp3) is 0.900. The minimum Gasteiger partial charge on any atom is -0.362 e. The summed E-state index contributed by atoms with van der Waals surface area (Å²) in [6.45, 7) is -1.69. The number of hydrogen-bond acceptors (Lipinski definition) is 3. The van der Waals surface area contributed by atoms with Crippen molar-refractivity contribution in [3.63, 3.8) is 0 Å². The maximum Gasteiger partial charge on any atom is 0.411 e. The Morgan fingerprint density at radius 1 is 1.33 bits per heavy atom. The van der Waals surface area contributed by atoms with Crippen LogP contribution in [0.25, 0.3) is 0 Å². The van der Waals surface area contributed by atoms with E-state index in [1.807, 2.05) is 0 Å². The summed E-state index contributed by atoms with van der Waals surface area (Å²) in [4.78, 5) is 11.4. The van der Waals surface area contributed by atoms with Crippen molar-refractivity contribution >= 4 is 18.3 Å². The summed E-state index contributed by atoms with van der Waals surface area (Å²) >= 11 is 0. The third kappa shape index (κ3) is 5.88. The molecule has 1 rings (SSSR count). The Labute approximate surface area is 110 Å². The van der Waals surface area contributed by atoms with E-state index in [9.17, 15) is 18.0 Å². The van der Waals surface area contributed by atoms with Gasteiger partial charge in [0.1, 0.15) is 13.2 Å². The Kier molecular flexibility index (Phi) is 6.94. The van der Waals surface area contributed by atoms with E-state index < -0.39 is 30.8 Å². The van der Waals surface area contributed by atoms with Crippen LogP contribution in [-0.2, 0) is 9.53 Å². The standard InChI is InChI=1S/C10H17F3N2O2.ClH/c11-10(12,13)7-17-5-8(16)15-9(6-14)3-1-2-4-9;/h1-7,14H2,(H,15,16);1H. The molecule has 1 amide bonds. The summed E-state index contributed by atoms with van der Waals surface area (Å²) in [5.41, 5.74) is 5.13. The van der Waals surface area contributed by atoms with Crippen LogP contribution in [0, 0.1) is 0 Å². The van der Waals surface area contributed by atoms with Gasteiger partial charge in [-0.15, -0.1) is 12.4 Å². The van der Waals surface area contributed by atoms with Gasteiger partial charge in [-0.2, -0.15) is 13.2 Å². The molecule has 8 heteroatoms. The molecule has 0 aliphatic heterocycles. The molecule has 0 aromatic rings. The van der Waals surface area contributed by atoms with Gasteiger partial charge in [0.05, 0.1) is 5.54 Å². The molecule has 1 aliphatic carbocycles. The SMILES string of the molecule is Cl.NCC1(NC(=O)COCC(F)(F)F)CCCC1. The molecule has 0 aromatic heterocycles. The molecule has 1 aliphatic rings. The van der Waals surface area contributed by atoms with Crippen LogP contribution in [-0.4, -0.2) is 37.4 Å². The van der Waals surface area contributed by atoms with E-state index in [1.54, 1.807) is 0 Å². The van der Waals surface area contributed by atoms with Crippen LogP contribution < -0.4 is 11.1 Å². The van der Waals surface area contributed by atoms with Crippen molar-refractivity contribution in [3.05, 3.63) is 0 Å². The highest BCUT2D eigenvalue weighted by molar-refractivity contribution is 5.85. The number of carbonyl (C=O) groups is 1. The topological polar surface area (TPSA) is 64.3 Å². The molecular weight excluding hydrogens is 273 g/mol. The molecule has 1 saturated carbocycles. The lowest BCUT2D eigenvalue weighted by atomic mass is 9.98. The molecule has 3 N–H and O–H groups in total. The quantitative estimate of drug-likeness (QED) is 0.804. The highest BCUT2D eigenvalue weighted by Crippen LogP contribution is 2.28. The van der Waals surface area contributed by atoms with Gasteiger partial charge in [0.2, 0.25) is 5.91 Å². The van der Waals surface area contributed by atoms with Gasteiger partial charge >= 0.3 is 6.18 Å². The number of hydrogen-bond donors (Lipinski definition) is 2. The normalized spacial score (nSPS) is 18.2. The van der Waals surface area contributed by atoms with E-state index in [0.717, 1.165) is 25.7 Å². The molecule has 0 bridgehead atoms. The minimum atomic E-state index is -4.40. The van der Waals surface area contributed by atoms with Crippen molar-refractivity contribution < 1.29 is 22.7 Å². The molecule has 108 valence electrons. The van der Waals surface area contributed by atoms with E-state index in [4.69, 9.17) is 5.73 Å². The summed E-state index contributed by atoms with van der Waals surface area (Å²) < 4.78 is 39.6. The summed E-state index contributed by atoms with van der Waals surface area (Å²) in [6, 6.07) is 0. The van der Waals surface area contributed by atoms with E-state index in [0.29, 0.717) is 6.54 Å². The summed E-state index contributed by atoms with van der Waals surface area (Å²) in [6.07, 6.45) is -0.913. The highest BCUT2D eigenvalue weighted by atomic mass is 35.5. The maximum atomic E-state index is 11.8. The van der Waals surface area contributed by atoms with Crippen molar-refractivity contribution in [3.8, 4) is 0 Å². The van der Waals surface area contributed by atoms with Crippen LogP contribution >= 0.6 is 12.4 Å². The first-order valence-electron chi connectivity index (χ1n) is 5.52. The van der Waals surface area contributed by atoms with Crippen molar-refractivity contribution in [2.24, 2.45) is 5.73 Å². The maximum absolute atomic E-state index is 11.8. The lowest BCUT2D eigenvalue weighted by Gasteiger charge is -2.28. The van der Waals surface area contributed by atoms with Gasteiger partial charge in [-0.1, -0.05) is 12.8 Å². The summed E-state index contributed by atoms with van der Waals surface area (Å²) in [5.74, 6) is -0.540. The number of nitrogens with one attached hydrogen (secondary N) is 1. The monoisotopic (exact) mass is 290 g/mol. The number of nitrogens with two attached hydrogens (primary N) is 1. The fourth-order valence-electron chi connectivity index (χ4n) is 2.02. The van der Waals surface area contributed by atoms with E-state index >= 15 is 0 Å². The van der Waals surface area contributed by atoms with Crippen molar-refractivity contribution in [2.45, 2.75) is 37.4 Å². The summed E-state index contributed by atoms with van der Waals surface area (Å²) in [7, 11) is 0. The number of ether oxygens (including phenoxy) is 1. The largest absolute Gasteiger partial charge is 0.411 e. The molecule has 4 nitrogen and oxygen atoms in total. The average molecular weight is 291 g/mol. The zero-order valence-corrected chi connectivity index (χ0v) is 10.7. The molecule has 0 unspecified atom stereocenters. The minimum absolute atomic E-state index is 0. The Bertz CT molecular complexity index is 268. The first-order chi connectivity index (χ1) is 7.87. The molecule has 0 aromatic carbocycles. The van der Waals surface area contributed by atoms with Gasteiger partial charge in [0, 0.05) is 6.54 Å². The van der Waals surface area contributed by atoms with E-state index in [2.05, 4.69) is 10.1 Å². The lowest BCUT2D eigenvalue weighted by molar-refractivity contribution is -0.176. The van der Waals surface area contributed by atoms with Crippen LogP contribution in [0.2, 0.25) is 0 Å². The number of amides is 1. The zero-order valence-electron chi connectivity index (χ0n) is 9.89. The Hall–Kier alpha value is -0.530. The van der Waals surface area contributed by atoms with Crippen LogP contribution in [0.1, 0.15) is 25.7 Å². The van der Waals surface area contributed by atoms with Gasteiger partial charge in [-0.05, 0) is 12.8 Å². The van der Waals surface area contributed by atoms with Crippen LogP contribution in [0.5, 0.6) is 0 Å². The number of alkyl halides is 3. The first-order valence-corrected chi connectivity index (χ1v) is 5.52. The van der Waals surface area contributed by atoms with E-state index in [-0.39, 0.29) is 12.4 Å². The van der Waals surface area contributed by atoms with Crippen molar-refractivity contribution in [1.82, 2.24) is 5.32 Å². The lowest BCUT2D eigenvalue weighted by Crippen LogP contribution is -2.52. The van der Waals surface area contributed by atoms with Crippen molar-refractivity contribution in [2.75, 3.05) is 19.8 Å². The second kappa shape index (κ2) is 7.16. The van der Waals surface area contributed by atoms with Gasteiger partial charge in [0.25, 0.3) is 0 Å². The second-order valence-corrected chi connectivity index (χ2v) is 4.35. The Morgan fingerprint density at radius 2 is 1.89 bits per heavy atom. The van der Waals surface area contributed by atoms with Gasteiger partial charge < -0.3 is 15.8 Å². The molecule has 0 saturated heterocycles. The molecule has 0 spiro atoms. The Morgan fingerprint density at radius 3 is 2.33 bits per heavy atom. The van der Waals surface area contributed by atoms with Crippen LogP contribution in [0.4, 0.5) is 13.2 Å². The second-order valence-electron chi connectivity index (χ2n) is 4.35. The molecule has 0 radical (unpaired) electrons. The zero-order chi connectivity index (χ0) is 12.9. The Balaban J connectivity index is 0.00000289. The third-order valence-corrected chi connectivity index (χ3v) is 2.85. The predicted molar refractivity (Wildman–Crippen MR) is 62.5 cm³/mol. The van der Waals surface area contributed by atoms with Crippen LogP contribution in [0.15, 0.2) is 0 Å². The van der Waals surface area contributed by atoms with Gasteiger partial charge in [0.15, 0.2) is 0 Å². The molecule has 0 atom stereocenters. The van der Waals surface area contributed by atoms with E-state index in [1.165, 1.54) is 0 Å². The first kappa shape index (κ1) is 17.5. The van der Waals surface area contributed by atoms with Gasteiger partial charge in [-0.25, -0.2) is 0 Å². The summed E-state index contributed by atoms with van der Waals surface area (Å²) in [5, 5.41) is 2.67. The van der Waals surface area contributed by atoms with Crippen molar-refractivity contribution in [1.29, 1.82) is 0 Å². The number of rotatable bonds is 5. The third-order valence-electron chi connectivity index (χ3n) is 2.85. The molecule has 0 heterocycles. The van der Waals surface area contributed by atoms with Gasteiger partial charge in [-0.3, -0.25) is 4.79 Å². The van der Waals surface area contributed by atoms with Crippen LogP contribution in [0.3, 0.4) is 0 Å². The highest BCUT2D eigenvalue weighted by Gasteiger charge is 2.34. The fourth-order valence-corrected chi connectivity index (χ4v) is 2.02. The number of halogens is 4. The molecule has 1 fully saturated rings. The molecular formula is C10H18ClF3N2O2. The predicted octanol–water partition coefficient (Wildman–Crippen LogP) is 1.37.